The van der Waals surface area contributed by atoms with Crippen LogP contribution in [0, 0.1) is 11.8 Å². The number of rotatable bonds is 5. The Hall–Kier alpha value is -2.62. The minimum Gasteiger partial charge on any atom is -0.484 e. The van der Waals surface area contributed by atoms with E-state index in [1.165, 1.54) is 25.7 Å². The van der Waals surface area contributed by atoms with Crippen molar-refractivity contribution in [2.75, 3.05) is 19.7 Å². The Morgan fingerprint density at radius 1 is 0.857 bits per heavy atom. The maximum Gasteiger partial charge on any atom is 0.260 e. The number of amides is 1. The highest BCUT2D eigenvalue weighted by Gasteiger charge is 2.32. The smallest absolute Gasteiger partial charge is 0.260 e. The van der Waals surface area contributed by atoms with Gasteiger partial charge in [-0.2, -0.15) is 0 Å². The van der Waals surface area contributed by atoms with Gasteiger partial charge in [-0.05, 0) is 48.9 Å². The highest BCUT2D eigenvalue weighted by Crippen LogP contribution is 2.36. The van der Waals surface area contributed by atoms with E-state index in [2.05, 4.69) is 0 Å². The van der Waals surface area contributed by atoms with Crippen molar-refractivity contribution in [2.45, 2.75) is 32.1 Å². The number of hydrogen-bond donors (Lipinski definition) is 0. The van der Waals surface area contributed by atoms with Crippen LogP contribution in [0.4, 0.5) is 0 Å². The van der Waals surface area contributed by atoms with Gasteiger partial charge < -0.3 is 9.64 Å². The molecule has 1 aliphatic carbocycles. The Kier molecular flexibility index (Phi) is 5.75. The van der Waals surface area contributed by atoms with Gasteiger partial charge in [0.2, 0.25) is 0 Å². The largest absolute Gasteiger partial charge is 0.484 e. The van der Waals surface area contributed by atoms with Crippen LogP contribution >= 0.6 is 0 Å². The summed E-state index contributed by atoms with van der Waals surface area (Å²) in [6.07, 6.45) is 6.37. The standard InChI is InChI=1S/C24H27NO3/c26-23(25-15-14-18-6-4-5-9-21(18)16-25)17-28-22-12-10-20(11-13-22)24(27)19-7-2-1-3-8-19/h1-3,7-8,10-13,18,21H,4-6,9,14-17H2/t18-,21+/m0/s1. The number of ether oxygens (including phenoxy) is 1. The molecular formula is C24H27NO3. The topological polar surface area (TPSA) is 46.6 Å². The third-order valence-electron chi connectivity index (χ3n) is 6.16. The lowest BCUT2D eigenvalue weighted by molar-refractivity contribution is -0.136. The SMILES string of the molecule is O=C(c1ccccc1)c1ccc(OCC(=O)N2CC[C@@H]3CCCC[C@@H]3C2)cc1. The van der Waals surface area contributed by atoms with Crippen LogP contribution in [0.2, 0.25) is 0 Å². The van der Waals surface area contributed by atoms with E-state index in [9.17, 15) is 9.59 Å². The normalized spacial score (nSPS) is 21.6. The number of benzene rings is 2. The zero-order chi connectivity index (χ0) is 19.3. The Morgan fingerprint density at radius 3 is 2.29 bits per heavy atom. The molecule has 1 heterocycles. The van der Waals surface area contributed by atoms with E-state index in [-0.39, 0.29) is 18.3 Å². The minimum absolute atomic E-state index is 0.0152. The second-order valence-electron chi connectivity index (χ2n) is 7.94. The van der Waals surface area contributed by atoms with Crippen LogP contribution in [0.5, 0.6) is 5.75 Å². The predicted molar refractivity (Wildman–Crippen MR) is 108 cm³/mol. The summed E-state index contributed by atoms with van der Waals surface area (Å²) in [5, 5.41) is 0. The molecule has 0 radical (unpaired) electrons. The fourth-order valence-corrected chi connectivity index (χ4v) is 4.52. The summed E-state index contributed by atoms with van der Waals surface area (Å²) in [4.78, 5) is 27.0. The number of carbonyl (C=O) groups is 2. The molecule has 1 saturated heterocycles. The van der Waals surface area contributed by atoms with Gasteiger partial charge in [-0.15, -0.1) is 0 Å². The van der Waals surface area contributed by atoms with Gasteiger partial charge in [0.25, 0.3) is 5.91 Å². The number of likely N-dealkylation sites (tertiary alicyclic amines) is 1. The molecule has 4 rings (SSSR count). The molecule has 1 amide bonds. The number of carbonyl (C=O) groups excluding carboxylic acids is 2. The third-order valence-corrected chi connectivity index (χ3v) is 6.16. The van der Waals surface area contributed by atoms with Gasteiger partial charge in [0.05, 0.1) is 0 Å². The van der Waals surface area contributed by atoms with Crippen molar-refractivity contribution in [1.29, 1.82) is 0 Å². The van der Waals surface area contributed by atoms with Crippen molar-refractivity contribution in [3.05, 3.63) is 65.7 Å². The maximum atomic E-state index is 12.6. The van der Waals surface area contributed by atoms with Gasteiger partial charge in [-0.1, -0.05) is 49.6 Å². The van der Waals surface area contributed by atoms with Gasteiger partial charge in [-0.3, -0.25) is 9.59 Å². The molecule has 146 valence electrons. The number of hydrogen-bond acceptors (Lipinski definition) is 3. The monoisotopic (exact) mass is 377 g/mol. The number of ketones is 1. The molecule has 2 aromatic carbocycles. The van der Waals surface area contributed by atoms with Crippen LogP contribution in [0.1, 0.15) is 48.0 Å². The molecule has 2 aromatic rings. The third kappa shape index (κ3) is 4.27. The molecule has 2 atom stereocenters. The molecule has 4 nitrogen and oxygen atoms in total. The molecule has 0 spiro atoms. The van der Waals surface area contributed by atoms with Crippen LogP contribution < -0.4 is 4.74 Å². The average Bonchev–Trinajstić information content (AvgIpc) is 2.77. The molecule has 28 heavy (non-hydrogen) atoms. The van der Waals surface area contributed by atoms with Crippen LogP contribution in [0.15, 0.2) is 54.6 Å². The summed E-state index contributed by atoms with van der Waals surface area (Å²) in [5.41, 5.74) is 1.28. The molecule has 0 aromatic heterocycles. The first-order valence-corrected chi connectivity index (χ1v) is 10.3. The first-order valence-electron chi connectivity index (χ1n) is 10.3. The molecule has 1 aliphatic heterocycles. The van der Waals surface area contributed by atoms with Gasteiger partial charge in [-0.25, -0.2) is 0 Å². The number of nitrogens with zero attached hydrogens (tertiary/aromatic N) is 1. The summed E-state index contributed by atoms with van der Waals surface area (Å²) >= 11 is 0. The Balaban J connectivity index is 1.30. The van der Waals surface area contributed by atoms with E-state index in [0.717, 1.165) is 25.4 Å². The van der Waals surface area contributed by atoms with Crippen LogP contribution in [-0.2, 0) is 4.79 Å². The lowest BCUT2D eigenvalue weighted by atomic mass is 9.75. The molecule has 4 heteroatoms. The summed E-state index contributed by atoms with van der Waals surface area (Å²) < 4.78 is 5.69. The van der Waals surface area contributed by atoms with E-state index in [1.807, 2.05) is 23.1 Å². The zero-order valence-corrected chi connectivity index (χ0v) is 16.2. The highest BCUT2D eigenvalue weighted by atomic mass is 16.5. The second-order valence-corrected chi connectivity index (χ2v) is 7.94. The predicted octanol–water partition coefficient (Wildman–Crippen LogP) is 4.34. The van der Waals surface area contributed by atoms with Gasteiger partial charge >= 0.3 is 0 Å². The van der Waals surface area contributed by atoms with Crippen molar-refractivity contribution < 1.29 is 14.3 Å². The maximum absolute atomic E-state index is 12.6. The molecule has 2 aliphatic rings. The van der Waals surface area contributed by atoms with E-state index in [4.69, 9.17) is 4.74 Å². The van der Waals surface area contributed by atoms with Crippen molar-refractivity contribution >= 4 is 11.7 Å². The lowest BCUT2D eigenvalue weighted by Crippen LogP contribution is -2.46. The quantitative estimate of drug-likeness (QED) is 0.729. The van der Waals surface area contributed by atoms with E-state index in [0.29, 0.717) is 22.8 Å². The summed E-state index contributed by atoms with van der Waals surface area (Å²) in [6, 6.07) is 16.2. The highest BCUT2D eigenvalue weighted by molar-refractivity contribution is 6.08. The number of fused-ring (bicyclic) bond motifs is 1. The van der Waals surface area contributed by atoms with Crippen LogP contribution in [0.25, 0.3) is 0 Å². The fourth-order valence-electron chi connectivity index (χ4n) is 4.52. The molecule has 0 bridgehead atoms. The molecular weight excluding hydrogens is 350 g/mol. The van der Waals surface area contributed by atoms with Crippen molar-refractivity contribution in [3.8, 4) is 5.75 Å². The van der Waals surface area contributed by atoms with Crippen molar-refractivity contribution in [2.24, 2.45) is 11.8 Å². The fraction of sp³-hybridized carbons (Fsp3) is 0.417. The van der Waals surface area contributed by atoms with Crippen LogP contribution in [0.3, 0.4) is 0 Å². The van der Waals surface area contributed by atoms with E-state index < -0.39 is 0 Å². The van der Waals surface area contributed by atoms with Gasteiger partial charge in [0, 0.05) is 24.2 Å². The van der Waals surface area contributed by atoms with Crippen molar-refractivity contribution in [1.82, 2.24) is 4.90 Å². The first-order chi connectivity index (χ1) is 13.7. The average molecular weight is 377 g/mol. The molecule has 2 fully saturated rings. The lowest BCUT2D eigenvalue weighted by Gasteiger charge is -2.41. The summed E-state index contributed by atoms with van der Waals surface area (Å²) in [7, 11) is 0. The Bertz CT molecular complexity index is 816. The first kappa shape index (κ1) is 18.7. The van der Waals surface area contributed by atoms with Gasteiger partial charge in [0.15, 0.2) is 12.4 Å². The van der Waals surface area contributed by atoms with Crippen molar-refractivity contribution in [3.63, 3.8) is 0 Å². The summed E-state index contributed by atoms with van der Waals surface area (Å²) in [5.74, 6) is 2.15. The van der Waals surface area contributed by atoms with E-state index in [1.54, 1.807) is 36.4 Å². The Morgan fingerprint density at radius 2 is 1.54 bits per heavy atom. The zero-order valence-electron chi connectivity index (χ0n) is 16.2. The summed E-state index contributed by atoms with van der Waals surface area (Å²) in [6.45, 7) is 1.80. The van der Waals surface area contributed by atoms with Crippen LogP contribution in [-0.4, -0.2) is 36.3 Å². The second kappa shape index (κ2) is 8.59. The van der Waals surface area contributed by atoms with Gasteiger partial charge in [0.1, 0.15) is 5.75 Å². The molecule has 1 saturated carbocycles. The molecule has 0 N–H and O–H groups in total. The molecule has 0 unspecified atom stereocenters. The Labute approximate surface area is 166 Å². The minimum atomic E-state index is -0.0152. The number of piperidine rings is 1. The van der Waals surface area contributed by atoms with E-state index >= 15 is 0 Å².